The van der Waals surface area contributed by atoms with Crippen molar-refractivity contribution in [2.75, 3.05) is 18.5 Å². The van der Waals surface area contributed by atoms with Gasteiger partial charge in [0.25, 0.3) is 5.56 Å². The van der Waals surface area contributed by atoms with Crippen molar-refractivity contribution in [3.8, 4) is 5.75 Å². The number of anilines is 1. The molecule has 0 atom stereocenters. The van der Waals surface area contributed by atoms with Crippen LogP contribution >= 0.6 is 22.9 Å². The van der Waals surface area contributed by atoms with Crippen molar-refractivity contribution in [3.05, 3.63) is 86.7 Å². The highest BCUT2D eigenvalue weighted by molar-refractivity contribution is 7.20. The molecule has 10 heteroatoms. The molecule has 1 amide bonds. The van der Waals surface area contributed by atoms with Crippen molar-refractivity contribution < 1.29 is 19.1 Å². The fourth-order valence-corrected chi connectivity index (χ4v) is 4.49. The van der Waals surface area contributed by atoms with Crippen LogP contribution in [0.4, 0.5) is 5.69 Å². The molecule has 34 heavy (non-hydrogen) atoms. The molecule has 0 saturated heterocycles. The molecule has 0 bridgehead atoms. The van der Waals surface area contributed by atoms with Gasteiger partial charge < -0.3 is 14.8 Å². The second kappa shape index (κ2) is 10.5. The van der Waals surface area contributed by atoms with Crippen LogP contribution in [0.25, 0.3) is 10.2 Å². The molecule has 174 valence electrons. The number of halogens is 1. The normalized spacial score (nSPS) is 10.8. The van der Waals surface area contributed by atoms with Gasteiger partial charge in [-0.2, -0.15) is 0 Å². The van der Waals surface area contributed by atoms with Crippen LogP contribution in [0.2, 0.25) is 5.02 Å². The largest absolute Gasteiger partial charge is 0.490 e. The lowest BCUT2D eigenvalue weighted by Gasteiger charge is -2.08. The van der Waals surface area contributed by atoms with E-state index >= 15 is 0 Å². The number of para-hydroxylation sites is 1. The van der Waals surface area contributed by atoms with Gasteiger partial charge in [-0.1, -0.05) is 35.9 Å². The van der Waals surface area contributed by atoms with E-state index < -0.39 is 17.4 Å². The lowest BCUT2D eigenvalue weighted by molar-refractivity contribution is -0.116. The predicted octanol–water partition coefficient (Wildman–Crippen LogP) is 4.29. The Morgan fingerprint density at radius 3 is 2.68 bits per heavy atom. The summed E-state index contributed by atoms with van der Waals surface area (Å²) in [5, 5.41) is 3.46. The van der Waals surface area contributed by atoms with Crippen LogP contribution in [0.1, 0.15) is 15.2 Å². The molecule has 0 radical (unpaired) electrons. The van der Waals surface area contributed by atoms with Crippen LogP contribution in [0.5, 0.6) is 5.75 Å². The SMILES string of the molecule is Cc1c(C(=O)OCCOc2ccccc2)sc2ncn(CC(=O)Nc3cccc(Cl)c3)c(=O)c12. The fourth-order valence-electron chi connectivity index (χ4n) is 3.26. The van der Waals surface area contributed by atoms with Crippen molar-refractivity contribution in [3.63, 3.8) is 0 Å². The van der Waals surface area contributed by atoms with Crippen LogP contribution in [0.3, 0.4) is 0 Å². The number of fused-ring (bicyclic) bond motifs is 1. The fraction of sp³-hybridized carbons (Fsp3) is 0.167. The summed E-state index contributed by atoms with van der Waals surface area (Å²) in [6, 6.07) is 15.9. The monoisotopic (exact) mass is 497 g/mol. The zero-order valence-electron chi connectivity index (χ0n) is 18.1. The molecule has 0 spiro atoms. The number of aromatic nitrogens is 2. The Bertz CT molecular complexity index is 1400. The number of aryl methyl sites for hydroxylation is 1. The number of nitrogens with one attached hydrogen (secondary N) is 1. The predicted molar refractivity (Wildman–Crippen MR) is 131 cm³/mol. The summed E-state index contributed by atoms with van der Waals surface area (Å²) in [6.07, 6.45) is 1.29. The van der Waals surface area contributed by atoms with Gasteiger partial charge in [-0.25, -0.2) is 9.78 Å². The van der Waals surface area contributed by atoms with Crippen molar-refractivity contribution in [1.29, 1.82) is 0 Å². The van der Waals surface area contributed by atoms with Gasteiger partial charge in [-0.3, -0.25) is 14.2 Å². The van der Waals surface area contributed by atoms with Crippen molar-refractivity contribution >= 4 is 50.7 Å². The van der Waals surface area contributed by atoms with E-state index in [0.717, 1.165) is 11.3 Å². The number of amides is 1. The van der Waals surface area contributed by atoms with E-state index in [1.165, 1.54) is 10.9 Å². The highest BCUT2D eigenvalue weighted by Crippen LogP contribution is 2.27. The molecule has 2 heterocycles. The minimum atomic E-state index is -0.554. The Balaban J connectivity index is 1.43. The van der Waals surface area contributed by atoms with Crippen LogP contribution in [-0.2, 0) is 16.1 Å². The Morgan fingerprint density at radius 2 is 1.91 bits per heavy atom. The number of hydrogen-bond acceptors (Lipinski definition) is 7. The summed E-state index contributed by atoms with van der Waals surface area (Å²) >= 11 is 7.01. The molecule has 0 fully saturated rings. The molecule has 1 N–H and O–H groups in total. The molecule has 4 aromatic rings. The quantitative estimate of drug-likeness (QED) is 0.288. The summed E-state index contributed by atoms with van der Waals surface area (Å²) in [5.41, 5.74) is 0.579. The molecule has 0 saturated carbocycles. The van der Waals surface area contributed by atoms with Gasteiger partial charge in [0.2, 0.25) is 5.91 Å². The molecule has 0 aliphatic heterocycles. The summed E-state index contributed by atoms with van der Waals surface area (Å²) in [5.74, 6) is -0.279. The standard InChI is InChI=1S/C24H20ClN3O5S/c1-15-20-22(34-21(15)24(31)33-11-10-32-18-8-3-2-4-9-18)26-14-28(23(20)30)13-19(29)27-17-7-5-6-16(25)12-17/h2-9,12,14H,10-11,13H2,1H3,(H,27,29). The highest BCUT2D eigenvalue weighted by Gasteiger charge is 2.21. The first-order chi connectivity index (χ1) is 16.4. The molecule has 2 aromatic heterocycles. The van der Waals surface area contributed by atoms with Crippen LogP contribution in [-0.4, -0.2) is 34.6 Å². The van der Waals surface area contributed by atoms with Crippen molar-refractivity contribution in [2.45, 2.75) is 13.5 Å². The van der Waals surface area contributed by atoms with Gasteiger partial charge in [-0.05, 0) is 42.8 Å². The summed E-state index contributed by atoms with van der Waals surface area (Å²) in [4.78, 5) is 42.9. The second-order valence-corrected chi connectivity index (χ2v) is 8.71. The molecular weight excluding hydrogens is 478 g/mol. The Labute approximate surface area is 203 Å². The third kappa shape index (κ3) is 5.44. The number of benzene rings is 2. The van der Waals surface area contributed by atoms with Crippen LogP contribution in [0.15, 0.2) is 65.7 Å². The Morgan fingerprint density at radius 1 is 1.12 bits per heavy atom. The van der Waals surface area contributed by atoms with Gasteiger partial charge in [-0.15, -0.1) is 11.3 Å². The third-order valence-electron chi connectivity index (χ3n) is 4.85. The smallest absolute Gasteiger partial charge is 0.348 e. The van der Waals surface area contributed by atoms with E-state index in [9.17, 15) is 14.4 Å². The summed E-state index contributed by atoms with van der Waals surface area (Å²) in [7, 11) is 0. The molecule has 0 unspecified atom stereocenters. The first-order valence-electron chi connectivity index (χ1n) is 10.3. The number of ether oxygens (including phenoxy) is 2. The first kappa shape index (κ1) is 23.5. The average molecular weight is 498 g/mol. The number of nitrogens with zero attached hydrogens (tertiary/aromatic N) is 2. The van der Waals surface area contributed by atoms with E-state index in [1.54, 1.807) is 31.2 Å². The number of carbonyl (C=O) groups is 2. The van der Waals surface area contributed by atoms with E-state index in [-0.39, 0.29) is 25.1 Å². The van der Waals surface area contributed by atoms with Gasteiger partial charge >= 0.3 is 5.97 Å². The van der Waals surface area contributed by atoms with Gasteiger partial charge in [0.05, 0.1) is 11.7 Å². The van der Waals surface area contributed by atoms with Crippen LogP contribution in [0, 0.1) is 6.92 Å². The minimum absolute atomic E-state index is 0.0583. The summed E-state index contributed by atoms with van der Waals surface area (Å²) in [6.45, 7) is 1.69. The lowest BCUT2D eigenvalue weighted by Crippen LogP contribution is -2.27. The molecule has 8 nitrogen and oxygen atoms in total. The number of rotatable bonds is 8. The minimum Gasteiger partial charge on any atom is -0.490 e. The molecule has 0 aliphatic rings. The number of esters is 1. The number of hydrogen-bond donors (Lipinski definition) is 1. The van der Waals surface area contributed by atoms with Crippen LogP contribution < -0.4 is 15.6 Å². The maximum atomic E-state index is 13.0. The maximum absolute atomic E-state index is 13.0. The third-order valence-corrected chi connectivity index (χ3v) is 6.27. The number of carbonyl (C=O) groups excluding carboxylic acids is 2. The van der Waals surface area contributed by atoms with E-state index in [4.69, 9.17) is 21.1 Å². The van der Waals surface area contributed by atoms with Crippen molar-refractivity contribution in [1.82, 2.24) is 9.55 Å². The lowest BCUT2D eigenvalue weighted by atomic mass is 10.2. The Hall–Kier alpha value is -3.69. The van der Waals surface area contributed by atoms with Crippen molar-refractivity contribution in [2.24, 2.45) is 0 Å². The van der Waals surface area contributed by atoms with E-state index in [1.807, 2.05) is 30.3 Å². The van der Waals surface area contributed by atoms with Gasteiger partial charge in [0.1, 0.15) is 35.2 Å². The number of thiophene rings is 1. The maximum Gasteiger partial charge on any atom is 0.348 e. The zero-order valence-corrected chi connectivity index (χ0v) is 19.7. The van der Waals surface area contributed by atoms with E-state index in [2.05, 4.69) is 10.3 Å². The first-order valence-corrected chi connectivity index (χ1v) is 11.5. The Kier molecular flexibility index (Phi) is 7.24. The second-order valence-electron chi connectivity index (χ2n) is 7.27. The highest BCUT2D eigenvalue weighted by atomic mass is 35.5. The molecular formula is C24H20ClN3O5S. The van der Waals surface area contributed by atoms with E-state index in [0.29, 0.717) is 31.7 Å². The van der Waals surface area contributed by atoms with Gasteiger partial charge in [0, 0.05) is 10.7 Å². The topological polar surface area (TPSA) is 99.5 Å². The molecule has 0 aliphatic carbocycles. The van der Waals surface area contributed by atoms with Gasteiger partial charge in [0.15, 0.2) is 0 Å². The zero-order chi connectivity index (χ0) is 24.1. The average Bonchev–Trinajstić information content (AvgIpc) is 3.16. The molecule has 2 aromatic carbocycles. The molecule has 4 rings (SSSR count). The summed E-state index contributed by atoms with van der Waals surface area (Å²) < 4.78 is 12.0.